The van der Waals surface area contributed by atoms with Crippen molar-refractivity contribution in [1.29, 1.82) is 0 Å². The zero-order valence-electron chi connectivity index (χ0n) is 12.7. The molecule has 1 rings (SSSR count). The number of hydrogen-bond acceptors (Lipinski definition) is 2. The number of unbranched alkanes of at least 4 members (excludes halogenated alkanes) is 9. The van der Waals surface area contributed by atoms with Gasteiger partial charge in [-0.15, -0.1) is 0 Å². The second-order valence-electron chi connectivity index (χ2n) is 5.78. The molecule has 0 aromatic carbocycles. The van der Waals surface area contributed by atoms with Gasteiger partial charge in [-0.05, 0) is 25.3 Å². The van der Waals surface area contributed by atoms with Crippen LogP contribution in [0.15, 0.2) is 11.6 Å². The molecule has 0 amide bonds. The standard InChI is InChI=1S/C17H30O2/c1-3-4-5-6-7-8-9-10-11-12-13-16-15(2)14-17(18)19-16/h14,16H,3-13H2,1-2H3/t16-/m1/s1. The van der Waals surface area contributed by atoms with E-state index in [1.807, 2.05) is 6.92 Å². The third-order valence-electron chi connectivity index (χ3n) is 3.93. The van der Waals surface area contributed by atoms with Gasteiger partial charge in [-0.3, -0.25) is 0 Å². The van der Waals surface area contributed by atoms with E-state index < -0.39 is 0 Å². The fraction of sp³-hybridized carbons (Fsp3) is 0.824. The van der Waals surface area contributed by atoms with Gasteiger partial charge in [0.2, 0.25) is 0 Å². The molecule has 2 nitrogen and oxygen atoms in total. The third-order valence-corrected chi connectivity index (χ3v) is 3.93. The lowest BCUT2D eigenvalue weighted by Crippen LogP contribution is -2.10. The maximum absolute atomic E-state index is 11.0. The van der Waals surface area contributed by atoms with Crippen LogP contribution in [-0.4, -0.2) is 12.1 Å². The highest BCUT2D eigenvalue weighted by molar-refractivity contribution is 5.85. The lowest BCUT2D eigenvalue weighted by Gasteiger charge is -2.11. The Bertz CT molecular complexity index is 281. The van der Waals surface area contributed by atoms with Gasteiger partial charge in [-0.2, -0.15) is 0 Å². The molecule has 0 spiro atoms. The molecule has 1 aliphatic rings. The molecule has 0 saturated carbocycles. The van der Waals surface area contributed by atoms with E-state index in [0.717, 1.165) is 12.0 Å². The van der Waals surface area contributed by atoms with Crippen molar-refractivity contribution in [3.63, 3.8) is 0 Å². The van der Waals surface area contributed by atoms with E-state index >= 15 is 0 Å². The van der Waals surface area contributed by atoms with E-state index in [9.17, 15) is 4.79 Å². The largest absolute Gasteiger partial charge is 0.455 e. The zero-order chi connectivity index (χ0) is 13.9. The van der Waals surface area contributed by atoms with Crippen LogP contribution < -0.4 is 0 Å². The quantitative estimate of drug-likeness (QED) is 0.381. The van der Waals surface area contributed by atoms with Gasteiger partial charge in [0.15, 0.2) is 0 Å². The summed E-state index contributed by atoms with van der Waals surface area (Å²) < 4.78 is 5.22. The lowest BCUT2D eigenvalue weighted by molar-refractivity contribution is -0.139. The van der Waals surface area contributed by atoms with Crippen LogP contribution in [-0.2, 0) is 9.53 Å². The Morgan fingerprint density at radius 1 is 0.947 bits per heavy atom. The van der Waals surface area contributed by atoms with Crippen molar-refractivity contribution in [1.82, 2.24) is 0 Å². The second-order valence-corrected chi connectivity index (χ2v) is 5.78. The Morgan fingerprint density at radius 3 is 1.95 bits per heavy atom. The number of esters is 1. The summed E-state index contributed by atoms with van der Waals surface area (Å²) in [7, 11) is 0. The zero-order valence-corrected chi connectivity index (χ0v) is 12.7. The molecule has 110 valence electrons. The summed E-state index contributed by atoms with van der Waals surface area (Å²) in [4.78, 5) is 11.0. The highest BCUT2D eigenvalue weighted by Crippen LogP contribution is 2.21. The Balaban J connectivity index is 1.84. The highest BCUT2D eigenvalue weighted by Gasteiger charge is 2.21. The minimum absolute atomic E-state index is 0.0709. The van der Waals surface area contributed by atoms with Crippen LogP contribution in [0.25, 0.3) is 0 Å². The van der Waals surface area contributed by atoms with Crippen LogP contribution >= 0.6 is 0 Å². The fourth-order valence-corrected chi connectivity index (χ4v) is 2.65. The van der Waals surface area contributed by atoms with Crippen LogP contribution in [0.2, 0.25) is 0 Å². The van der Waals surface area contributed by atoms with E-state index in [0.29, 0.717) is 0 Å². The number of ether oxygens (including phenoxy) is 1. The first-order valence-electron chi connectivity index (χ1n) is 8.13. The van der Waals surface area contributed by atoms with Crippen LogP contribution in [0.5, 0.6) is 0 Å². The molecular formula is C17H30O2. The topological polar surface area (TPSA) is 26.3 Å². The smallest absolute Gasteiger partial charge is 0.331 e. The Kier molecular flexibility index (Phi) is 8.61. The minimum Gasteiger partial charge on any atom is -0.455 e. The van der Waals surface area contributed by atoms with Crippen molar-refractivity contribution >= 4 is 5.97 Å². The van der Waals surface area contributed by atoms with Crippen LogP contribution in [0, 0.1) is 0 Å². The predicted molar refractivity (Wildman–Crippen MR) is 80.1 cm³/mol. The fourth-order valence-electron chi connectivity index (χ4n) is 2.65. The average molecular weight is 266 g/mol. The van der Waals surface area contributed by atoms with Crippen molar-refractivity contribution in [2.45, 2.75) is 90.6 Å². The summed E-state index contributed by atoms with van der Waals surface area (Å²) in [6.45, 7) is 4.25. The van der Waals surface area contributed by atoms with Crippen LogP contribution in [0.3, 0.4) is 0 Å². The SMILES string of the molecule is CCCCCCCCCCCC[C@H]1OC(=O)C=C1C. The molecule has 0 saturated heterocycles. The number of carbonyl (C=O) groups is 1. The molecule has 19 heavy (non-hydrogen) atoms. The van der Waals surface area contributed by atoms with Crippen molar-refractivity contribution in [3.05, 3.63) is 11.6 Å². The summed E-state index contributed by atoms with van der Waals surface area (Å²) in [5, 5.41) is 0. The molecule has 1 aliphatic heterocycles. The first kappa shape index (κ1) is 16.3. The number of cyclic esters (lactones) is 1. The molecule has 0 radical (unpaired) electrons. The molecule has 0 unspecified atom stereocenters. The van der Waals surface area contributed by atoms with Crippen molar-refractivity contribution < 1.29 is 9.53 Å². The predicted octanol–water partition coefficient (Wildman–Crippen LogP) is 5.17. The Morgan fingerprint density at radius 2 is 1.47 bits per heavy atom. The summed E-state index contributed by atoms with van der Waals surface area (Å²) >= 11 is 0. The number of carbonyl (C=O) groups excluding carboxylic acids is 1. The maximum atomic E-state index is 11.0. The molecule has 0 aromatic heterocycles. The number of rotatable bonds is 11. The molecule has 1 atom stereocenters. The third kappa shape index (κ3) is 7.39. The molecular weight excluding hydrogens is 236 g/mol. The maximum Gasteiger partial charge on any atom is 0.331 e. The summed E-state index contributed by atoms with van der Waals surface area (Å²) in [5.41, 5.74) is 1.10. The van der Waals surface area contributed by atoms with E-state index in [4.69, 9.17) is 4.74 Å². The van der Waals surface area contributed by atoms with Gasteiger partial charge in [-0.25, -0.2) is 4.79 Å². The van der Waals surface area contributed by atoms with Gasteiger partial charge in [0.05, 0.1) is 0 Å². The Hall–Kier alpha value is -0.790. The van der Waals surface area contributed by atoms with Gasteiger partial charge in [0, 0.05) is 6.08 Å². The Labute approximate surface area is 118 Å². The summed E-state index contributed by atoms with van der Waals surface area (Å²) in [6.07, 6.45) is 16.2. The highest BCUT2D eigenvalue weighted by atomic mass is 16.5. The lowest BCUT2D eigenvalue weighted by atomic mass is 10.0. The molecule has 1 heterocycles. The number of hydrogen-bond donors (Lipinski definition) is 0. The van der Waals surface area contributed by atoms with Crippen molar-refractivity contribution in [3.8, 4) is 0 Å². The van der Waals surface area contributed by atoms with Crippen molar-refractivity contribution in [2.24, 2.45) is 0 Å². The summed E-state index contributed by atoms with van der Waals surface area (Å²) in [5.74, 6) is -0.158. The average Bonchev–Trinajstić information content (AvgIpc) is 2.70. The normalized spacial score (nSPS) is 18.5. The molecule has 2 heteroatoms. The van der Waals surface area contributed by atoms with Gasteiger partial charge in [0.1, 0.15) is 6.10 Å². The van der Waals surface area contributed by atoms with Gasteiger partial charge >= 0.3 is 5.97 Å². The van der Waals surface area contributed by atoms with E-state index in [1.54, 1.807) is 6.08 Å². The molecule has 0 bridgehead atoms. The molecule has 0 aliphatic carbocycles. The first-order valence-corrected chi connectivity index (χ1v) is 8.13. The second kappa shape index (κ2) is 10.1. The minimum atomic E-state index is -0.158. The first-order chi connectivity index (χ1) is 9.24. The monoisotopic (exact) mass is 266 g/mol. The van der Waals surface area contributed by atoms with Crippen LogP contribution in [0.4, 0.5) is 0 Å². The van der Waals surface area contributed by atoms with E-state index in [1.165, 1.54) is 64.2 Å². The van der Waals surface area contributed by atoms with Crippen molar-refractivity contribution in [2.75, 3.05) is 0 Å². The van der Waals surface area contributed by atoms with Gasteiger partial charge in [-0.1, -0.05) is 64.7 Å². The van der Waals surface area contributed by atoms with Gasteiger partial charge in [0.25, 0.3) is 0 Å². The van der Waals surface area contributed by atoms with E-state index in [2.05, 4.69) is 6.92 Å². The molecule has 0 N–H and O–H groups in total. The summed E-state index contributed by atoms with van der Waals surface area (Å²) in [6, 6.07) is 0. The van der Waals surface area contributed by atoms with Crippen LogP contribution in [0.1, 0.15) is 84.5 Å². The van der Waals surface area contributed by atoms with E-state index in [-0.39, 0.29) is 12.1 Å². The molecule has 0 fully saturated rings. The van der Waals surface area contributed by atoms with Gasteiger partial charge < -0.3 is 4.74 Å². The molecule has 0 aromatic rings.